The first-order valence-corrected chi connectivity index (χ1v) is 11.3. The van der Waals surface area contributed by atoms with Crippen LogP contribution in [0.5, 0.6) is 11.5 Å². The monoisotopic (exact) mass is 479 g/mol. The zero-order valence-electron chi connectivity index (χ0n) is 19.1. The van der Waals surface area contributed by atoms with Crippen LogP contribution in [0, 0.1) is 0 Å². The van der Waals surface area contributed by atoms with Gasteiger partial charge in [-0.3, -0.25) is 9.59 Å². The molecule has 0 fully saturated rings. The molecule has 4 rings (SSSR count). The molecule has 0 bridgehead atoms. The Kier molecular flexibility index (Phi) is 6.80. The highest BCUT2D eigenvalue weighted by Crippen LogP contribution is 2.44. The Hall–Kier alpha value is -3.51. The first-order chi connectivity index (χ1) is 16.3. The second-order valence-corrected chi connectivity index (χ2v) is 9.18. The van der Waals surface area contributed by atoms with Crippen LogP contribution in [-0.2, 0) is 24.2 Å². The Labute approximate surface area is 203 Å². The number of hydrogen-bond acceptors (Lipinski definition) is 4. The summed E-state index contributed by atoms with van der Waals surface area (Å²) in [6, 6.07) is 20.4. The van der Waals surface area contributed by atoms with Gasteiger partial charge in [0.25, 0.3) is 5.91 Å². The van der Waals surface area contributed by atoms with Crippen molar-refractivity contribution in [1.82, 2.24) is 4.90 Å². The largest absolute Gasteiger partial charge is 0.493 e. The van der Waals surface area contributed by atoms with E-state index in [1.54, 1.807) is 12.1 Å². The van der Waals surface area contributed by atoms with Gasteiger partial charge in [0.15, 0.2) is 11.5 Å². The molecule has 0 spiro atoms. The maximum Gasteiger partial charge on any atom is 0.323 e. The highest BCUT2D eigenvalue weighted by Gasteiger charge is 2.38. The lowest BCUT2D eigenvalue weighted by Gasteiger charge is -2.24. The summed E-state index contributed by atoms with van der Waals surface area (Å²) in [4.78, 5) is 26.2. The average Bonchev–Trinajstić information content (AvgIpc) is 3.15. The van der Waals surface area contributed by atoms with Gasteiger partial charge in [-0.25, -0.2) is 0 Å². The molecule has 3 aromatic carbocycles. The molecule has 7 heteroatoms. The molecule has 1 aliphatic rings. The van der Waals surface area contributed by atoms with E-state index in [2.05, 4.69) is 0 Å². The predicted molar refractivity (Wildman–Crippen MR) is 130 cm³/mol. The standard InChI is InChI=1S/C27H26ClNO5/c1-27(14-18-8-10-22(28)11-9-18)15-21-12-20(13-23(33-2)25(21)34-27)26(32)29(17-24(30)31)16-19-6-4-3-5-7-19/h3-13H,14-17H2,1-2H3,(H,30,31)/t27-/m1/s1. The number of amides is 1. The second-order valence-electron chi connectivity index (χ2n) is 8.74. The van der Waals surface area contributed by atoms with Crippen molar-refractivity contribution in [1.29, 1.82) is 0 Å². The molecule has 0 unspecified atom stereocenters. The number of carboxylic acids is 1. The Morgan fingerprint density at radius 3 is 2.44 bits per heavy atom. The van der Waals surface area contributed by atoms with E-state index in [-0.39, 0.29) is 12.5 Å². The molecule has 0 radical (unpaired) electrons. The van der Waals surface area contributed by atoms with E-state index >= 15 is 0 Å². The number of carbonyl (C=O) groups is 2. The number of methoxy groups -OCH3 is 1. The van der Waals surface area contributed by atoms with E-state index in [9.17, 15) is 14.7 Å². The third kappa shape index (κ3) is 5.34. The third-order valence-corrected chi connectivity index (χ3v) is 6.08. The van der Waals surface area contributed by atoms with Crippen molar-refractivity contribution in [3.8, 4) is 11.5 Å². The van der Waals surface area contributed by atoms with Crippen LogP contribution < -0.4 is 9.47 Å². The lowest BCUT2D eigenvalue weighted by Crippen LogP contribution is -2.35. The minimum Gasteiger partial charge on any atom is -0.493 e. The summed E-state index contributed by atoms with van der Waals surface area (Å²) in [7, 11) is 1.53. The molecule has 34 heavy (non-hydrogen) atoms. The van der Waals surface area contributed by atoms with Crippen molar-refractivity contribution in [3.63, 3.8) is 0 Å². The number of carboxylic acid groups (broad SMARTS) is 1. The van der Waals surface area contributed by atoms with E-state index in [1.807, 2.05) is 61.5 Å². The second kappa shape index (κ2) is 9.77. The number of hydrogen-bond donors (Lipinski definition) is 1. The van der Waals surface area contributed by atoms with Crippen molar-refractivity contribution < 1.29 is 24.2 Å². The van der Waals surface area contributed by atoms with Gasteiger partial charge in [0.05, 0.1) is 7.11 Å². The summed E-state index contributed by atoms with van der Waals surface area (Å²) >= 11 is 6.01. The van der Waals surface area contributed by atoms with Gasteiger partial charge in [-0.15, -0.1) is 0 Å². The molecule has 6 nitrogen and oxygen atoms in total. The Morgan fingerprint density at radius 2 is 1.79 bits per heavy atom. The van der Waals surface area contributed by atoms with E-state index in [0.29, 0.717) is 34.9 Å². The quantitative estimate of drug-likeness (QED) is 0.491. The van der Waals surface area contributed by atoms with Crippen LogP contribution in [0.25, 0.3) is 0 Å². The topological polar surface area (TPSA) is 76.1 Å². The summed E-state index contributed by atoms with van der Waals surface area (Å²) in [5, 5.41) is 10.1. The summed E-state index contributed by atoms with van der Waals surface area (Å²) in [5.74, 6) is -0.381. The minimum absolute atomic E-state index is 0.191. The van der Waals surface area contributed by atoms with Crippen molar-refractivity contribution in [2.45, 2.75) is 31.9 Å². The Balaban J connectivity index is 1.60. The molecule has 1 N–H and O–H groups in total. The highest BCUT2D eigenvalue weighted by molar-refractivity contribution is 6.30. The number of fused-ring (bicyclic) bond motifs is 1. The Bertz CT molecular complexity index is 1200. The fourth-order valence-electron chi connectivity index (χ4n) is 4.35. The van der Waals surface area contributed by atoms with E-state index in [0.717, 1.165) is 16.7 Å². The summed E-state index contributed by atoms with van der Waals surface area (Å²) in [6.07, 6.45) is 1.24. The molecule has 176 valence electrons. The predicted octanol–water partition coefficient (Wildman–Crippen LogP) is 5.01. The van der Waals surface area contributed by atoms with Crippen molar-refractivity contribution in [2.24, 2.45) is 0 Å². The average molecular weight is 480 g/mol. The van der Waals surface area contributed by atoms with Crippen LogP contribution in [0.4, 0.5) is 0 Å². The van der Waals surface area contributed by atoms with Crippen molar-refractivity contribution >= 4 is 23.5 Å². The van der Waals surface area contributed by atoms with E-state index in [4.69, 9.17) is 21.1 Å². The first kappa shape index (κ1) is 23.6. The van der Waals surface area contributed by atoms with Crippen LogP contribution in [-0.4, -0.2) is 41.1 Å². The van der Waals surface area contributed by atoms with Gasteiger partial charge in [-0.2, -0.15) is 0 Å². The van der Waals surface area contributed by atoms with Crippen molar-refractivity contribution in [2.75, 3.05) is 13.7 Å². The summed E-state index contributed by atoms with van der Waals surface area (Å²) in [5.41, 5.74) is 2.64. The molecular formula is C27H26ClNO5. The number of ether oxygens (including phenoxy) is 2. The minimum atomic E-state index is -1.07. The number of halogens is 1. The molecule has 1 amide bonds. The maximum atomic E-state index is 13.4. The smallest absolute Gasteiger partial charge is 0.323 e. The highest BCUT2D eigenvalue weighted by atomic mass is 35.5. The van der Waals surface area contributed by atoms with Gasteiger partial charge in [0.1, 0.15) is 12.1 Å². The van der Waals surface area contributed by atoms with Crippen LogP contribution in [0.1, 0.15) is 34.0 Å². The molecule has 0 aromatic heterocycles. The van der Waals surface area contributed by atoms with Crippen LogP contribution in [0.15, 0.2) is 66.7 Å². The molecule has 0 aliphatic carbocycles. The fraction of sp³-hybridized carbons (Fsp3) is 0.259. The van der Waals surface area contributed by atoms with Crippen molar-refractivity contribution in [3.05, 3.63) is 94.0 Å². The third-order valence-electron chi connectivity index (χ3n) is 5.83. The van der Waals surface area contributed by atoms with Crippen LogP contribution in [0.3, 0.4) is 0 Å². The molecule has 1 heterocycles. The van der Waals surface area contributed by atoms with Gasteiger partial charge in [-0.05, 0) is 42.3 Å². The lowest BCUT2D eigenvalue weighted by atomic mass is 9.91. The summed E-state index contributed by atoms with van der Waals surface area (Å²) < 4.78 is 11.9. The lowest BCUT2D eigenvalue weighted by molar-refractivity contribution is -0.137. The molecule has 0 saturated heterocycles. The number of benzene rings is 3. The van der Waals surface area contributed by atoms with E-state index < -0.39 is 18.1 Å². The fourth-order valence-corrected chi connectivity index (χ4v) is 4.48. The van der Waals surface area contributed by atoms with Crippen LogP contribution >= 0.6 is 11.6 Å². The molecule has 1 aliphatic heterocycles. The summed E-state index contributed by atoms with van der Waals surface area (Å²) in [6.45, 7) is 1.81. The van der Waals surface area contributed by atoms with Crippen LogP contribution in [0.2, 0.25) is 5.02 Å². The number of aliphatic carboxylic acids is 1. The van der Waals surface area contributed by atoms with E-state index in [1.165, 1.54) is 12.0 Å². The molecule has 0 saturated carbocycles. The maximum absolute atomic E-state index is 13.4. The first-order valence-electron chi connectivity index (χ1n) is 11.0. The zero-order valence-corrected chi connectivity index (χ0v) is 19.8. The molecule has 1 atom stereocenters. The molecule has 3 aromatic rings. The molecular weight excluding hydrogens is 454 g/mol. The number of rotatable bonds is 8. The normalized spacial score (nSPS) is 16.4. The SMILES string of the molecule is COc1cc(C(=O)N(CC(=O)O)Cc2ccccc2)cc2c1O[C@](C)(Cc1ccc(Cl)cc1)C2. The number of carbonyl (C=O) groups excluding carboxylic acids is 1. The zero-order chi connectivity index (χ0) is 24.3. The van der Waals surface area contributed by atoms with Gasteiger partial charge in [-0.1, -0.05) is 54.1 Å². The van der Waals surface area contributed by atoms with Gasteiger partial charge < -0.3 is 19.5 Å². The van der Waals surface area contributed by atoms with Gasteiger partial charge >= 0.3 is 5.97 Å². The van der Waals surface area contributed by atoms with Gasteiger partial charge in [0.2, 0.25) is 0 Å². The van der Waals surface area contributed by atoms with Gasteiger partial charge in [0, 0.05) is 35.5 Å². The number of nitrogens with zero attached hydrogens (tertiary/aromatic N) is 1. The Morgan fingerprint density at radius 1 is 1.09 bits per heavy atom.